The maximum atomic E-state index is 13.8. The monoisotopic (exact) mass is 255 g/mol. The van der Waals surface area contributed by atoms with Gasteiger partial charge in [-0.05, 0) is 12.1 Å². The second-order valence-corrected chi connectivity index (χ2v) is 4.53. The third kappa shape index (κ3) is 1.90. The van der Waals surface area contributed by atoms with E-state index in [9.17, 15) is 4.39 Å². The van der Waals surface area contributed by atoms with E-state index in [1.54, 1.807) is 22.9 Å². The van der Waals surface area contributed by atoms with Crippen LogP contribution in [0, 0.1) is 5.82 Å². The quantitative estimate of drug-likeness (QED) is 0.765. The van der Waals surface area contributed by atoms with Gasteiger partial charge in [-0.25, -0.2) is 4.39 Å². The minimum Gasteiger partial charge on any atom is -0.319 e. The molecule has 1 unspecified atom stereocenters. The highest BCUT2D eigenvalue weighted by molar-refractivity contribution is 5.82. The van der Waals surface area contributed by atoms with Gasteiger partial charge in [0.25, 0.3) is 0 Å². The molecule has 0 aliphatic carbocycles. The molecule has 0 aliphatic rings. The van der Waals surface area contributed by atoms with Gasteiger partial charge in [-0.2, -0.15) is 5.10 Å². The summed E-state index contributed by atoms with van der Waals surface area (Å²) in [5, 5.41) is 5.39. The van der Waals surface area contributed by atoms with Crippen molar-refractivity contribution >= 4 is 10.9 Å². The van der Waals surface area contributed by atoms with Crippen molar-refractivity contribution < 1.29 is 4.39 Å². The Bertz CT molecular complexity index is 733. The van der Waals surface area contributed by atoms with Crippen LogP contribution in [0.25, 0.3) is 10.9 Å². The maximum Gasteiger partial charge on any atom is 0.128 e. The molecule has 1 atom stereocenters. The first-order chi connectivity index (χ1) is 9.18. The van der Waals surface area contributed by atoms with Gasteiger partial charge >= 0.3 is 0 Å². The van der Waals surface area contributed by atoms with Crippen LogP contribution in [-0.4, -0.2) is 9.78 Å². The van der Waals surface area contributed by atoms with Crippen LogP contribution in [0.4, 0.5) is 4.39 Å². The zero-order valence-corrected chi connectivity index (χ0v) is 10.5. The van der Waals surface area contributed by atoms with Gasteiger partial charge in [-0.15, -0.1) is 0 Å². The topological polar surface area (TPSA) is 43.8 Å². The molecule has 0 fully saturated rings. The Labute approximate surface area is 110 Å². The Morgan fingerprint density at radius 1 is 1.11 bits per heavy atom. The SMILES string of the molecule is Cn1nc(C(N)c2ccccc2F)c2ccccc21. The van der Waals surface area contributed by atoms with E-state index in [4.69, 9.17) is 5.73 Å². The summed E-state index contributed by atoms with van der Waals surface area (Å²) in [5.74, 6) is -0.301. The van der Waals surface area contributed by atoms with Gasteiger partial charge in [-0.1, -0.05) is 36.4 Å². The third-order valence-corrected chi connectivity index (χ3v) is 3.32. The molecule has 0 spiro atoms. The number of aryl methyl sites for hydroxylation is 1. The van der Waals surface area contributed by atoms with E-state index in [1.807, 2.05) is 31.3 Å². The summed E-state index contributed by atoms with van der Waals surface area (Å²) in [4.78, 5) is 0. The number of benzene rings is 2. The number of nitrogens with zero attached hydrogens (tertiary/aromatic N) is 2. The Balaban J connectivity index is 2.17. The largest absolute Gasteiger partial charge is 0.319 e. The molecule has 2 N–H and O–H groups in total. The Hall–Kier alpha value is -2.20. The van der Waals surface area contributed by atoms with E-state index in [0.717, 1.165) is 10.9 Å². The van der Waals surface area contributed by atoms with Crippen LogP contribution in [0.1, 0.15) is 17.3 Å². The number of rotatable bonds is 2. The molecule has 0 radical (unpaired) electrons. The molecule has 3 rings (SSSR count). The molecule has 19 heavy (non-hydrogen) atoms. The molecule has 0 amide bonds. The van der Waals surface area contributed by atoms with E-state index >= 15 is 0 Å². The Kier molecular flexibility index (Phi) is 2.80. The van der Waals surface area contributed by atoms with Gasteiger partial charge < -0.3 is 5.73 Å². The van der Waals surface area contributed by atoms with Gasteiger partial charge in [0.1, 0.15) is 5.82 Å². The first kappa shape index (κ1) is 11.9. The number of nitrogens with two attached hydrogens (primary N) is 1. The van der Waals surface area contributed by atoms with E-state index in [1.165, 1.54) is 6.07 Å². The number of aromatic nitrogens is 2. The van der Waals surface area contributed by atoms with Crippen molar-refractivity contribution in [3.05, 3.63) is 65.6 Å². The normalized spacial score (nSPS) is 12.8. The molecular formula is C15H14FN3. The second-order valence-electron chi connectivity index (χ2n) is 4.53. The van der Waals surface area contributed by atoms with Crippen LogP contribution in [0.15, 0.2) is 48.5 Å². The highest BCUT2D eigenvalue weighted by Crippen LogP contribution is 2.27. The van der Waals surface area contributed by atoms with Gasteiger partial charge in [0.15, 0.2) is 0 Å². The van der Waals surface area contributed by atoms with E-state index < -0.39 is 6.04 Å². The molecule has 1 heterocycles. The number of hydrogen-bond acceptors (Lipinski definition) is 2. The average Bonchev–Trinajstić information content (AvgIpc) is 2.77. The second kappa shape index (κ2) is 4.48. The standard InChI is InChI=1S/C15H14FN3/c1-19-13-9-5-3-7-11(13)15(18-19)14(17)10-6-2-4-8-12(10)16/h2-9,14H,17H2,1H3. The smallest absolute Gasteiger partial charge is 0.128 e. The first-order valence-electron chi connectivity index (χ1n) is 6.10. The zero-order chi connectivity index (χ0) is 13.4. The summed E-state index contributed by atoms with van der Waals surface area (Å²) >= 11 is 0. The Morgan fingerprint density at radius 3 is 2.58 bits per heavy atom. The van der Waals surface area contributed by atoms with E-state index in [-0.39, 0.29) is 5.82 Å². The summed E-state index contributed by atoms with van der Waals surface area (Å²) in [5.41, 5.74) is 8.33. The van der Waals surface area contributed by atoms with Crippen molar-refractivity contribution in [1.29, 1.82) is 0 Å². The van der Waals surface area contributed by atoms with Crippen molar-refractivity contribution in [3.63, 3.8) is 0 Å². The van der Waals surface area contributed by atoms with Crippen LogP contribution in [0.5, 0.6) is 0 Å². The lowest BCUT2D eigenvalue weighted by Gasteiger charge is -2.10. The minimum absolute atomic E-state index is 0.301. The number of halogens is 1. The predicted octanol–water partition coefficient (Wildman–Crippen LogP) is 2.76. The highest BCUT2D eigenvalue weighted by Gasteiger charge is 2.19. The molecule has 0 saturated carbocycles. The fraction of sp³-hybridized carbons (Fsp3) is 0.133. The van der Waals surface area contributed by atoms with Crippen LogP contribution < -0.4 is 5.73 Å². The van der Waals surface area contributed by atoms with Crippen molar-refractivity contribution in [2.75, 3.05) is 0 Å². The molecule has 4 heteroatoms. The van der Waals surface area contributed by atoms with Gasteiger partial charge in [0.2, 0.25) is 0 Å². The minimum atomic E-state index is -0.563. The van der Waals surface area contributed by atoms with Crippen molar-refractivity contribution in [1.82, 2.24) is 9.78 Å². The Morgan fingerprint density at radius 2 is 1.79 bits per heavy atom. The van der Waals surface area contributed by atoms with Gasteiger partial charge in [-0.3, -0.25) is 4.68 Å². The lowest BCUT2D eigenvalue weighted by Crippen LogP contribution is -2.14. The van der Waals surface area contributed by atoms with E-state index in [0.29, 0.717) is 11.3 Å². The van der Waals surface area contributed by atoms with Crippen molar-refractivity contribution in [2.24, 2.45) is 12.8 Å². The molecular weight excluding hydrogens is 241 g/mol. The van der Waals surface area contributed by atoms with E-state index in [2.05, 4.69) is 5.10 Å². The summed E-state index contributed by atoms with van der Waals surface area (Å²) in [7, 11) is 1.86. The first-order valence-corrected chi connectivity index (χ1v) is 6.10. The van der Waals surface area contributed by atoms with Crippen LogP contribution in [0.2, 0.25) is 0 Å². The fourth-order valence-corrected chi connectivity index (χ4v) is 2.35. The molecule has 1 aromatic heterocycles. The number of fused-ring (bicyclic) bond motifs is 1. The molecule has 0 bridgehead atoms. The van der Waals surface area contributed by atoms with Crippen LogP contribution in [-0.2, 0) is 7.05 Å². The maximum absolute atomic E-state index is 13.8. The van der Waals surface area contributed by atoms with Gasteiger partial charge in [0, 0.05) is 18.0 Å². The summed E-state index contributed by atoms with van der Waals surface area (Å²) in [6, 6.07) is 13.8. The molecule has 3 aromatic rings. The van der Waals surface area contributed by atoms with Crippen molar-refractivity contribution in [2.45, 2.75) is 6.04 Å². The highest BCUT2D eigenvalue weighted by atomic mass is 19.1. The predicted molar refractivity (Wildman–Crippen MR) is 73.1 cm³/mol. The zero-order valence-electron chi connectivity index (χ0n) is 10.5. The van der Waals surface area contributed by atoms with Crippen LogP contribution >= 0.6 is 0 Å². The summed E-state index contributed by atoms with van der Waals surface area (Å²) in [6.07, 6.45) is 0. The third-order valence-electron chi connectivity index (χ3n) is 3.32. The summed E-state index contributed by atoms with van der Waals surface area (Å²) < 4.78 is 15.6. The summed E-state index contributed by atoms with van der Waals surface area (Å²) in [6.45, 7) is 0. The van der Waals surface area contributed by atoms with Crippen LogP contribution in [0.3, 0.4) is 0 Å². The molecule has 0 saturated heterocycles. The number of hydrogen-bond donors (Lipinski definition) is 1. The molecule has 0 aliphatic heterocycles. The number of para-hydroxylation sites is 1. The molecule has 3 nitrogen and oxygen atoms in total. The fourth-order valence-electron chi connectivity index (χ4n) is 2.35. The van der Waals surface area contributed by atoms with Gasteiger partial charge in [0.05, 0.1) is 17.3 Å². The lowest BCUT2D eigenvalue weighted by molar-refractivity contribution is 0.595. The lowest BCUT2D eigenvalue weighted by atomic mass is 10.0. The molecule has 96 valence electrons. The average molecular weight is 255 g/mol. The molecule has 2 aromatic carbocycles. The van der Waals surface area contributed by atoms with Crippen molar-refractivity contribution in [3.8, 4) is 0 Å².